The lowest BCUT2D eigenvalue weighted by molar-refractivity contribution is 0.0139. The molecule has 0 bridgehead atoms. The van der Waals surface area contributed by atoms with Crippen LogP contribution in [0.3, 0.4) is 0 Å². The first-order valence-corrected chi connectivity index (χ1v) is 9.33. The van der Waals surface area contributed by atoms with Crippen LogP contribution in [0.15, 0.2) is 6.07 Å². The predicted octanol–water partition coefficient (Wildman–Crippen LogP) is 3.39. The van der Waals surface area contributed by atoms with Crippen LogP contribution in [0.4, 0.5) is 17.7 Å². The lowest BCUT2D eigenvalue weighted by Crippen LogP contribution is -2.49. The fourth-order valence-electron chi connectivity index (χ4n) is 3.45. The van der Waals surface area contributed by atoms with Gasteiger partial charge < -0.3 is 22.6 Å². The summed E-state index contributed by atoms with van der Waals surface area (Å²) in [7, 11) is 0. The van der Waals surface area contributed by atoms with Gasteiger partial charge in [0.15, 0.2) is 0 Å². The number of hydrogen-bond acceptors (Lipinski definition) is 3. The van der Waals surface area contributed by atoms with Crippen molar-refractivity contribution in [3.05, 3.63) is 28.3 Å². The molecule has 0 unspecified atom stereocenters. The molecule has 0 aromatic heterocycles. The number of carbonyl (C=O) groups is 1. The molecule has 1 amide bonds. The molecule has 0 aliphatic carbocycles. The van der Waals surface area contributed by atoms with E-state index in [4.69, 9.17) is 11.2 Å². The van der Waals surface area contributed by atoms with E-state index in [1.807, 2.05) is 25.7 Å². The number of carbonyl (C=O) groups excluding carboxylic acids is 1. The maximum Gasteiger partial charge on any atom is 0.510 e. The SMILES string of the molecule is C#Cc1cc(CN2CCN(C(=O)OC(C)(C)C)CC2)c(C)c([B-](F)(F)F)c1C. The largest absolute Gasteiger partial charge is 0.510 e. The Labute approximate surface area is 165 Å². The highest BCUT2D eigenvalue weighted by Crippen LogP contribution is 2.22. The van der Waals surface area contributed by atoms with Gasteiger partial charge in [0.2, 0.25) is 0 Å². The van der Waals surface area contributed by atoms with Crippen molar-refractivity contribution >= 4 is 18.5 Å². The second kappa shape index (κ2) is 8.08. The fourth-order valence-corrected chi connectivity index (χ4v) is 3.45. The van der Waals surface area contributed by atoms with Gasteiger partial charge in [-0.05, 0) is 46.2 Å². The molecule has 1 heterocycles. The number of halogens is 3. The van der Waals surface area contributed by atoms with E-state index in [9.17, 15) is 17.7 Å². The molecular formula is C20H27BF3N2O2-. The molecule has 1 aliphatic heterocycles. The molecule has 1 saturated heterocycles. The average molecular weight is 395 g/mol. The molecule has 4 nitrogen and oxygen atoms in total. The van der Waals surface area contributed by atoms with E-state index in [-0.39, 0.29) is 22.8 Å². The minimum Gasteiger partial charge on any atom is -0.445 e. The highest BCUT2D eigenvalue weighted by molar-refractivity contribution is 6.74. The molecule has 154 valence electrons. The van der Waals surface area contributed by atoms with Gasteiger partial charge in [0.25, 0.3) is 0 Å². The topological polar surface area (TPSA) is 32.8 Å². The van der Waals surface area contributed by atoms with E-state index in [1.54, 1.807) is 11.0 Å². The normalized spacial score (nSPS) is 16.0. The summed E-state index contributed by atoms with van der Waals surface area (Å²) in [5.74, 6) is 2.38. The summed E-state index contributed by atoms with van der Waals surface area (Å²) in [6, 6.07) is 1.68. The van der Waals surface area contributed by atoms with E-state index in [1.165, 1.54) is 13.8 Å². The summed E-state index contributed by atoms with van der Waals surface area (Å²) >= 11 is 0. The smallest absolute Gasteiger partial charge is 0.445 e. The number of amides is 1. The first-order chi connectivity index (χ1) is 12.8. The second-order valence-corrected chi connectivity index (χ2v) is 8.21. The number of nitrogens with zero attached hydrogens (tertiary/aromatic N) is 2. The standard InChI is InChI=1S/C20H27BF3N2O2/c1-7-16-12-17(15(3)18(14(16)2)21(22,23)24)13-25-8-10-26(11-9-25)19(27)28-20(4,5)6/h1,12H,8-11,13H2,2-6H3/q-1. The van der Waals surface area contributed by atoms with E-state index in [0.29, 0.717) is 38.3 Å². The van der Waals surface area contributed by atoms with Crippen LogP contribution >= 0.6 is 0 Å². The predicted molar refractivity (Wildman–Crippen MR) is 106 cm³/mol. The Morgan fingerprint density at radius 2 is 1.75 bits per heavy atom. The zero-order valence-electron chi connectivity index (χ0n) is 17.1. The summed E-state index contributed by atoms with van der Waals surface area (Å²) in [5.41, 5.74) is 0.0669. The third-order valence-corrected chi connectivity index (χ3v) is 4.91. The third kappa shape index (κ3) is 5.23. The Morgan fingerprint density at radius 3 is 2.21 bits per heavy atom. The van der Waals surface area contributed by atoms with Crippen molar-refractivity contribution in [1.82, 2.24) is 9.80 Å². The zero-order valence-corrected chi connectivity index (χ0v) is 17.1. The Bertz CT molecular complexity index is 787. The molecule has 1 aromatic carbocycles. The Morgan fingerprint density at radius 1 is 1.18 bits per heavy atom. The van der Waals surface area contributed by atoms with Crippen LogP contribution in [0.25, 0.3) is 0 Å². The molecule has 1 aliphatic rings. The van der Waals surface area contributed by atoms with Gasteiger partial charge in [-0.2, -0.15) is 0 Å². The van der Waals surface area contributed by atoms with Crippen LogP contribution in [-0.4, -0.2) is 54.7 Å². The maximum atomic E-state index is 13.6. The van der Waals surface area contributed by atoms with Gasteiger partial charge in [0.05, 0.1) is 0 Å². The number of piperazine rings is 1. The minimum absolute atomic E-state index is 0.117. The van der Waals surface area contributed by atoms with Crippen molar-refractivity contribution in [3.63, 3.8) is 0 Å². The summed E-state index contributed by atoms with van der Waals surface area (Å²) in [6.07, 6.45) is 5.07. The molecule has 2 rings (SSSR count). The molecule has 1 aromatic rings. The van der Waals surface area contributed by atoms with Crippen molar-refractivity contribution in [2.24, 2.45) is 0 Å². The first kappa shape index (κ1) is 22.2. The summed E-state index contributed by atoms with van der Waals surface area (Å²) in [6.45, 7) is 5.63. The fraction of sp³-hybridized carbons (Fsp3) is 0.550. The minimum atomic E-state index is -5.15. The van der Waals surface area contributed by atoms with Gasteiger partial charge in [-0.1, -0.05) is 17.0 Å². The first-order valence-electron chi connectivity index (χ1n) is 9.33. The molecule has 0 atom stereocenters. The van der Waals surface area contributed by atoms with Crippen molar-refractivity contribution in [2.75, 3.05) is 26.2 Å². The maximum absolute atomic E-state index is 13.6. The summed E-state index contributed by atoms with van der Waals surface area (Å²) in [4.78, 5) is 15.8. The molecular weight excluding hydrogens is 368 g/mol. The number of hydrogen-bond donors (Lipinski definition) is 0. The monoisotopic (exact) mass is 395 g/mol. The van der Waals surface area contributed by atoms with E-state index >= 15 is 0 Å². The van der Waals surface area contributed by atoms with Gasteiger partial charge in [-0.25, -0.2) is 4.79 Å². The van der Waals surface area contributed by atoms with Crippen LogP contribution in [0.2, 0.25) is 0 Å². The zero-order chi connectivity index (χ0) is 21.3. The molecule has 0 N–H and O–H groups in total. The van der Waals surface area contributed by atoms with Crippen LogP contribution < -0.4 is 5.46 Å². The van der Waals surface area contributed by atoms with Gasteiger partial charge in [0.1, 0.15) is 5.60 Å². The van der Waals surface area contributed by atoms with Gasteiger partial charge in [-0.3, -0.25) is 4.90 Å². The molecule has 1 fully saturated rings. The van der Waals surface area contributed by atoms with Crippen molar-refractivity contribution < 1.29 is 22.5 Å². The molecule has 8 heteroatoms. The lowest BCUT2D eigenvalue weighted by Gasteiger charge is -2.36. The van der Waals surface area contributed by atoms with E-state index < -0.39 is 18.0 Å². The summed E-state index contributed by atoms with van der Waals surface area (Å²) in [5, 5.41) is 0. The second-order valence-electron chi connectivity index (χ2n) is 8.21. The molecule has 0 radical (unpaired) electrons. The third-order valence-electron chi connectivity index (χ3n) is 4.91. The number of ether oxygens (including phenoxy) is 1. The number of benzene rings is 1. The van der Waals surface area contributed by atoms with Crippen molar-refractivity contribution in [2.45, 2.75) is 46.8 Å². The van der Waals surface area contributed by atoms with Crippen LogP contribution in [0.1, 0.15) is 43.0 Å². The highest BCUT2D eigenvalue weighted by atomic mass is 19.4. The number of terminal acetylenes is 1. The summed E-state index contributed by atoms with van der Waals surface area (Å²) < 4.78 is 46.1. The van der Waals surface area contributed by atoms with Gasteiger partial charge in [-0.15, -0.1) is 11.9 Å². The number of rotatable bonds is 3. The van der Waals surface area contributed by atoms with Crippen LogP contribution in [0.5, 0.6) is 0 Å². The Hall–Kier alpha value is -2.14. The molecule has 28 heavy (non-hydrogen) atoms. The van der Waals surface area contributed by atoms with E-state index in [0.717, 1.165) is 0 Å². The van der Waals surface area contributed by atoms with Crippen LogP contribution in [0, 0.1) is 26.2 Å². The highest BCUT2D eigenvalue weighted by Gasteiger charge is 2.32. The van der Waals surface area contributed by atoms with Crippen molar-refractivity contribution in [1.29, 1.82) is 0 Å². The quantitative estimate of drug-likeness (QED) is 0.581. The van der Waals surface area contributed by atoms with Gasteiger partial charge in [0, 0.05) is 38.3 Å². The van der Waals surface area contributed by atoms with Crippen LogP contribution in [-0.2, 0) is 11.3 Å². The Balaban J connectivity index is 2.14. The Kier molecular flexibility index (Phi) is 6.39. The lowest BCUT2D eigenvalue weighted by atomic mass is 9.71. The van der Waals surface area contributed by atoms with Gasteiger partial charge >= 0.3 is 13.1 Å². The van der Waals surface area contributed by atoms with Crippen molar-refractivity contribution in [3.8, 4) is 12.3 Å². The molecule has 0 spiro atoms. The molecule has 0 saturated carbocycles. The van der Waals surface area contributed by atoms with E-state index in [2.05, 4.69) is 5.92 Å². The average Bonchev–Trinajstić information content (AvgIpc) is 2.55.